The Hall–Kier alpha value is -2.25. The van der Waals surface area contributed by atoms with Crippen LogP contribution < -0.4 is 5.32 Å². The highest BCUT2D eigenvalue weighted by Gasteiger charge is 2.09. The minimum atomic E-state index is 0. The molecule has 0 saturated heterocycles. The van der Waals surface area contributed by atoms with Gasteiger partial charge in [0.15, 0.2) is 0 Å². The van der Waals surface area contributed by atoms with Crippen molar-refractivity contribution in [2.24, 2.45) is 0 Å². The maximum atomic E-state index is 3.38. The summed E-state index contributed by atoms with van der Waals surface area (Å²) in [6.07, 6.45) is 8.19. The summed E-state index contributed by atoms with van der Waals surface area (Å²) < 4.78 is 0. The summed E-state index contributed by atoms with van der Waals surface area (Å²) in [4.78, 5) is 0. The smallest absolute Gasteiger partial charge is 0.0533 e. The van der Waals surface area contributed by atoms with E-state index in [1.54, 1.807) is 0 Å². The van der Waals surface area contributed by atoms with Crippen molar-refractivity contribution in [1.82, 2.24) is 5.32 Å². The Morgan fingerprint density at radius 3 is 1.90 bits per heavy atom. The van der Waals surface area contributed by atoms with E-state index in [0.29, 0.717) is 0 Å². The Morgan fingerprint density at radius 1 is 0.650 bits per heavy atom. The number of halogens is 1. The lowest BCUT2D eigenvalue weighted by molar-refractivity contribution is 1.22. The third-order valence-corrected chi connectivity index (χ3v) is 3.11. The van der Waals surface area contributed by atoms with Crippen LogP contribution in [0.2, 0.25) is 0 Å². The first kappa shape index (κ1) is 14.2. The third kappa shape index (κ3) is 3.01. The Bertz CT molecular complexity index is 640. The van der Waals surface area contributed by atoms with E-state index < -0.39 is 0 Å². The van der Waals surface area contributed by atoms with Crippen LogP contribution in [0.15, 0.2) is 85.1 Å². The zero-order valence-corrected chi connectivity index (χ0v) is 11.8. The first-order chi connectivity index (χ1) is 9.45. The molecule has 0 aromatic heterocycles. The maximum absolute atomic E-state index is 3.38. The summed E-state index contributed by atoms with van der Waals surface area (Å²) in [5.41, 5.74) is 4.75. The number of rotatable bonds is 2. The molecular formula is C18H16ClN. The molecular weight excluding hydrogens is 266 g/mol. The van der Waals surface area contributed by atoms with Gasteiger partial charge in [0, 0.05) is 11.8 Å². The molecule has 0 spiro atoms. The third-order valence-electron chi connectivity index (χ3n) is 3.11. The number of nitrogens with one attached hydrogen (secondary N) is 1. The molecule has 2 aromatic carbocycles. The average molecular weight is 282 g/mol. The highest BCUT2D eigenvalue weighted by Crippen LogP contribution is 2.26. The molecule has 1 heterocycles. The molecule has 0 saturated carbocycles. The van der Waals surface area contributed by atoms with E-state index in [1.165, 1.54) is 16.7 Å². The average Bonchev–Trinajstić information content (AvgIpc) is 2.75. The van der Waals surface area contributed by atoms with E-state index in [0.717, 1.165) is 5.70 Å². The van der Waals surface area contributed by atoms with Crippen LogP contribution in [0.3, 0.4) is 0 Å². The van der Waals surface area contributed by atoms with Gasteiger partial charge in [0.1, 0.15) is 0 Å². The lowest BCUT2D eigenvalue weighted by Crippen LogP contribution is -2.05. The Morgan fingerprint density at radius 2 is 1.25 bits per heavy atom. The summed E-state index contributed by atoms with van der Waals surface area (Å²) in [6.45, 7) is 0. The van der Waals surface area contributed by atoms with Crippen LogP contribution in [0.5, 0.6) is 0 Å². The predicted octanol–water partition coefficient (Wildman–Crippen LogP) is 4.65. The van der Waals surface area contributed by atoms with Gasteiger partial charge in [-0.3, -0.25) is 0 Å². The van der Waals surface area contributed by atoms with E-state index in [2.05, 4.69) is 66.0 Å². The summed E-state index contributed by atoms with van der Waals surface area (Å²) in [5, 5.41) is 3.38. The van der Waals surface area contributed by atoms with Crippen LogP contribution in [0.25, 0.3) is 11.3 Å². The highest BCUT2D eigenvalue weighted by molar-refractivity contribution is 5.95. The molecule has 2 heteroatoms. The van der Waals surface area contributed by atoms with Gasteiger partial charge < -0.3 is 5.32 Å². The molecule has 100 valence electrons. The summed E-state index contributed by atoms with van der Waals surface area (Å²) in [5.74, 6) is 0. The first-order valence-corrected chi connectivity index (χ1v) is 6.40. The zero-order chi connectivity index (χ0) is 12.9. The van der Waals surface area contributed by atoms with Gasteiger partial charge in [-0.2, -0.15) is 0 Å². The standard InChI is InChI=1S/C18H15N.ClH/c1-3-9-15(10-4-1)17-13-7-8-14-19-18(17)16-11-5-2-6-12-16;/h1-14,19H;1H. The SMILES string of the molecule is C1=CNC(c2ccccc2)=C(c2ccccc2)C=C1.Cl. The van der Waals surface area contributed by atoms with Crippen LogP contribution >= 0.6 is 12.4 Å². The number of allylic oxidation sites excluding steroid dienone is 4. The molecule has 0 bridgehead atoms. The fourth-order valence-electron chi connectivity index (χ4n) is 2.20. The van der Waals surface area contributed by atoms with E-state index in [1.807, 2.05) is 24.4 Å². The fourth-order valence-corrected chi connectivity index (χ4v) is 2.20. The van der Waals surface area contributed by atoms with E-state index >= 15 is 0 Å². The molecule has 0 fully saturated rings. The van der Waals surface area contributed by atoms with Crippen molar-refractivity contribution in [3.05, 3.63) is 96.2 Å². The fraction of sp³-hybridized carbons (Fsp3) is 0. The van der Waals surface area contributed by atoms with E-state index in [4.69, 9.17) is 0 Å². The maximum Gasteiger partial charge on any atom is 0.0533 e. The molecule has 1 nitrogen and oxygen atoms in total. The first-order valence-electron chi connectivity index (χ1n) is 6.40. The normalized spacial score (nSPS) is 13.4. The summed E-state index contributed by atoms with van der Waals surface area (Å²) in [7, 11) is 0. The lowest BCUT2D eigenvalue weighted by atomic mass is 9.99. The molecule has 20 heavy (non-hydrogen) atoms. The van der Waals surface area contributed by atoms with Gasteiger partial charge in [0.05, 0.1) is 5.70 Å². The monoisotopic (exact) mass is 281 g/mol. The topological polar surface area (TPSA) is 12.0 Å². The van der Waals surface area contributed by atoms with Gasteiger partial charge in [-0.25, -0.2) is 0 Å². The summed E-state index contributed by atoms with van der Waals surface area (Å²) in [6, 6.07) is 20.8. The molecule has 1 aliphatic heterocycles. The van der Waals surface area contributed by atoms with E-state index in [-0.39, 0.29) is 12.4 Å². The molecule has 0 amide bonds. The molecule has 0 unspecified atom stereocenters. The Labute approximate surface area is 125 Å². The number of hydrogen-bond donors (Lipinski definition) is 1. The van der Waals surface area contributed by atoms with Gasteiger partial charge in [0.2, 0.25) is 0 Å². The van der Waals surface area contributed by atoms with Gasteiger partial charge in [-0.15, -0.1) is 12.4 Å². The van der Waals surface area contributed by atoms with Crippen LogP contribution in [-0.4, -0.2) is 0 Å². The molecule has 0 aliphatic carbocycles. The molecule has 0 atom stereocenters. The highest BCUT2D eigenvalue weighted by atomic mass is 35.5. The van der Waals surface area contributed by atoms with Crippen LogP contribution in [0, 0.1) is 0 Å². The van der Waals surface area contributed by atoms with Crippen molar-refractivity contribution >= 4 is 23.7 Å². The van der Waals surface area contributed by atoms with Crippen molar-refractivity contribution < 1.29 is 0 Å². The second kappa shape index (κ2) is 6.78. The minimum absolute atomic E-state index is 0. The van der Waals surface area contributed by atoms with Crippen molar-refractivity contribution in [3.63, 3.8) is 0 Å². The second-order valence-corrected chi connectivity index (χ2v) is 4.38. The van der Waals surface area contributed by atoms with Crippen LogP contribution in [0.4, 0.5) is 0 Å². The van der Waals surface area contributed by atoms with E-state index in [9.17, 15) is 0 Å². The quantitative estimate of drug-likeness (QED) is 0.845. The molecule has 0 radical (unpaired) electrons. The number of benzene rings is 2. The van der Waals surface area contributed by atoms with Crippen molar-refractivity contribution in [2.45, 2.75) is 0 Å². The van der Waals surface area contributed by atoms with Crippen LogP contribution in [-0.2, 0) is 0 Å². The van der Waals surface area contributed by atoms with Gasteiger partial charge >= 0.3 is 0 Å². The molecule has 1 aliphatic rings. The molecule has 1 N–H and O–H groups in total. The largest absolute Gasteiger partial charge is 0.361 e. The lowest BCUT2D eigenvalue weighted by Gasteiger charge is -2.12. The van der Waals surface area contributed by atoms with Crippen LogP contribution in [0.1, 0.15) is 11.1 Å². The van der Waals surface area contributed by atoms with Crippen molar-refractivity contribution in [2.75, 3.05) is 0 Å². The second-order valence-electron chi connectivity index (χ2n) is 4.38. The molecule has 3 rings (SSSR count). The zero-order valence-electron chi connectivity index (χ0n) is 11.0. The predicted molar refractivity (Wildman–Crippen MR) is 88.4 cm³/mol. The Balaban J connectivity index is 0.00000147. The van der Waals surface area contributed by atoms with Gasteiger partial charge in [-0.05, 0) is 17.2 Å². The van der Waals surface area contributed by atoms with Crippen molar-refractivity contribution in [3.8, 4) is 0 Å². The summed E-state index contributed by atoms with van der Waals surface area (Å²) >= 11 is 0. The minimum Gasteiger partial charge on any atom is -0.361 e. The van der Waals surface area contributed by atoms with Crippen molar-refractivity contribution in [1.29, 1.82) is 0 Å². The molecule has 2 aromatic rings. The Kier molecular flexibility index (Phi) is 4.80. The number of hydrogen-bond acceptors (Lipinski definition) is 1. The van der Waals surface area contributed by atoms with Gasteiger partial charge in [0.25, 0.3) is 0 Å². The van der Waals surface area contributed by atoms with Gasteiger partial charge in [-0.1, -0.05) is 72.8 Å².